The third kappa shape index (κ3) is 6.14. The number of hydrogen-bond acceptors (Lipinski definition) is 9. The zero-order valence-electron chi connectivity index (χ0n) is 25.3. The maximum atomic E-state index is 14.4. The molecule has 2 aromatic heterocycles. The van der Waals surface area contributed by atoms with E-state index in [0.29, 0.717) is 49.3 Å². The molecule has 0 unspecified atom stereocenters. The molecular weight excluding hydrogens is 646 g/mol. The van der Waals surface area contributed by atoms with Gasteiger partial charge < -0.3 is 15.0 Å². The number of nitrogens with zero attached hydrogens (tertiary/aromatic N) is 4. The SMILES string of the molecule is CC(C)(F)CN1CCc2cc(Nc3ncc(C(F)(F)F)c(-c4cc5c(s4)C(=O)N(C4COC4)CCS5(=O)=O)n3)c(C3CC3)cc2C1. The van der Waals surface area contributed by atoms with Crippen LogP contribution in [0.3, 0.4) is 0 Å². The highest BCUT2D eigenvalue weighted by Gasteiger charge is 2.41. The number of ether oxygens (including phenoxy) is 1. The summed E-state index contributed by atoms with van der Waals surface area (Å²) in [5.41, 5.74) is 0.922. The smallest absolute Gasteiger partial charge is 0.377 e. The molecule has 3 aliphatic heterocycles. The molecule has 4 aliphatic rings. The number of rotatable bonds is 7. The van der Waals surface area contributed by atoms with E-state index in [4.69, 9.17) is 4.74 Å². The standard InChI is InChI=1S/C31H33F4N5O4S2/c1-30(2,32)16-39-6-5-18-10-23(21(17-3-4-17)9-19(18)13-39)37-29-36-12-22(31(33,34)35)26(38-29)24-11-25-27(45-24)28(41)40(20-14-44-15-20)7-8-46(25,42)43/h9-12,17,20H,3-8,13-16H2,1-2H3,(H,36,37,38). The summed E-state index contributed by atoms with van der Waals surface area (Å²) in [5, 5.41) is 3.15. The summed E-state index contributed by atoms with van der Waals surface area (Å²) in [5.74, 6) is -0.680. The van der Waals surface area contributed by atoms with E-state index in [-0.39, 0.29) is 58.1 Å². The Morgan fingerprint density at radius 1 is 1.09 bits per heavy atom. The molecule has 46 heavy (non-hydrogen) atoms. The number of fused-ring (bicyclic) bond motifs is 2. The molecule has 0 spiro atoms. The molecule has 15 heteroatoms. The molecule has 1 aromatic carbocycles. The maximum absolute atomic E-state index is 14.4. The maximum Gasteiger partial charge on any atom is 0.420 e. The molecule has 0 bridgehead atoms. The Hall–Kier alpha value is -3.14. The molecule has 1 aliphatic carbocycles. The number of hydrogen-bond donors (Lipinski definition) is 1. The first kappa shape index (κ1) is 31.5. The minimum Gasteiger partial charge on any atom is -0.377 e. The first-order chi connectivity index (χ1) is 21.7. The molecule has 1 saturated carbocycles. The van der Waals surface area contributed by atoms with E-state index < -0.39 is 38.8 Å². The number of thiophene rings is 1. The lowest BCUT2D eigenvalue weighted by Crippen LogP contribution is -2.52. The van der Waals surface area contributed by atoms with Gasteiger partial charge in [0.05, 0.1) is 40.5 Å². The van der Waals surface area contributed by atoms with Gasteiger partial charge in [-0.15, -0.1) is 11.3 Å². The molecule has 0 atom stereocenters. The van der Waals surface area contributed by atoms with Crippen LogP contribution in [0.25, 0.3) is 10.6 Å². The van der Waals surface area contributed by atoms with Crippen LogP contribution in [0.15, 0.2) is 29.3 Å². The van der Waals surface area contributed by atoms with Crippen molar-refractivity contribution in [2.45, 2.75) is 68.4 Å². The van der Waals surface area contributed by atoms with Crippen LogP contribution in [0.2, 0.25) is 0 Å². The van der Waals surface area contributed by atoms with Crippen molar-refractivity contribution in [2.24, 2.45) is 0 Å². The lowest BCUT2D eigenvalue weighted by Gasteiger charge is -2.36. The minimum absolute atomic E-state index is 0.0166. The minimum atomic E-state index is -4.83. The number of carbonyl (C=O) groups excluding carboxylic acids is 1. The Morgan fingerprint density at radius 3 is 2.50 bits per heavy atom. The van der Waals surface area contributed by atoms with Crippen LogP contribution in [0, 0.1) is 0 Å². The Balaban J connectivity index is 1.25. The van der Waals surface area contributed by atoms with Crippen molar-refractivity contribution >= 4 is 38.7 Å². The van der Waals surface area contributed by atoms with Crippen molar-refractivity contribution in [3.63, 3.8) is 0 Å². The topological polar surface area (TPSA) is 105 Å². The molecule has 2 fully saturated rings. The normalized spacial score (nSPS) is 20.6. The van der Waals surface area contributed by atoms with E-state index >= 15 is 0 Å². The van der Waals surface area contributed by atoms with Crippen LogP contribution in [0.4, 0.5) is 29.2 Å². The van der Waals surface area contributed by atoms with Gasteiger partial charge in [0.25, 0.3) is 5.91 Å². The van der Waals surface area contributed by atoms with Gasteiger partial charge in [-0.3, -0.25) is 9.69 Å². The van der Waals surface area contributed by atoms with Gasteiger partial charge in [-0.2, -0.15) is 13.2 Å². The molecule has 246 valence electrons. The fourth-order valence-corrected chi connectivity index (χ4v) is 9.25. The average molecular weight is 680 g/mol. The summed E-state index contributed by atoms with van der Waals surface area (Å²) >= 11 is 0.693. The van der Waals surface area contributed by atoms with Gasteiger partial charge in [0.2, 0.25) is 5.95 Å². The Bertz CT molecular complexity index is 1810. The first-order valence-corrected chi connectivity index (χ1v) is 17.7. The molecule has 5 heterocycles. The van der Waals surface area contributed by atoms with E-state index in [0.717, 1.165) is 35.6 Å². The summed E-state index contributed by atoms with van der Waals surface area (Å²) in [4.78, 5) is 24.8. The zero-order valence-corrected chi connectivity index (χ0v) is 26.9. The molecule has 0 radical (unpaired) electrons. The second-order valence-electron chi connectivity index (χ2n) is 13.1. The van der Waals surface area contributed by atoms with Crippen molar-refractivity contribution in [3.05, 3.63) is 51.5 Å². The summed E-state index contributed by atoms with van der Waals surface area (Å²) in [7, 11) is -3.94. The van der Waals surface area contributed by atoms with Gasteiger partial charge in [-0.05, 0) is 67.9 Å². The number of alkyl halides is 4. The second-order valence-corrected chi connectivity index (χ2v) is 16.2. The summed E-state index contributed by atoms with van der Waals surface area (Å²) in [6.07, 6.45) is -1.51. The summed E-state index contributed by atoms with van der Waals surface area (Å²) in [6, 6.07) is 4.94. The van der Waals surface area contributed by atoms with Gasteiger partial charge in [0.15, 0.2) is 9.84 Å². The van der Waals surface area contributed by atoms with Crippen molar-refractivity contribution in [2.75, 3.05) is 43.9 Å². The van der Waals surface area contributed by atoms with Gasteiger partial charge in [0, 0.05) is 38.1 Å². The highest BCUT2D eigenvalue weighted by Crippen LogP contribution is 2.46. The number of carbonyl (C=O) groups is 1. The molecule has 1 saturated heterocycles. The first-order valence-electron chi connectivity index (χ1n) is 15.2. The number of benzene rings is 1. The van der Waals surface area contributed by atoms with Crippen LogP contribution >= 0.6 is 11.3 Å². The van der Waals surface area contributed by atoms with E-state index in [1.165, 1.54) is 4.90 Å². The quantitative estimate of drug-likeness (QED) is 0.323. The molecule has 1 N–H and O–H groups in total. The monoisotopic (exact) mass is 679 g/mol. The van der Waals surface area contributed by atoms with Crippen molar-refractivity contribution < 1.29 is 35.5 Å². The third-order valence-electron chi connectivity index (χ3n) is 8.80. The van der Waals surface area contributed by atoms with E-state index in [2.05, 4.69) is 26.3 Å². The van der Waals surface area contributed by atoms with Gasteiger partial charge >= 0.3 is 6.18 Å². The highest BCUT2D eigenvalue weighted by atomic mass is 32.2. The average Bonchev–Trinajstić information content (AvgIpc) is 3.69. The molecule has 1 amide bonds. The predicted octanol–water partition coefficient (Wildman–Crippen LogP) is 5.58. The Labute approximate surface area is 267 Å². The number of aromatic nitrogens is 2. The van der Waals surface area contributed by atoms with E-state index in [1.54, 1.807) is 13.8 Å². The van der Waals surface area contributed by atoms with Crippen LogP contribution in [0.5, 0.6) is 0 Å². The Morgan fingerprint density at radius 2 is 1.85 bits per heavy atom. The second kappa shape index (κ2) is 11.2. The highest BCUT2D eigenvalue weighted by molar-refractivity contribution is 7.91. The number of amides is 1. The van der Waals surface area contributed by atoms with Gasteiger partial charge in [0.1, 0.15) is 16.1 Å². The largest absolute Gasteiger partial charge is 0.420 e. The fraction of sp³-hybridized carbons (Fsp3) is 0.516. The summed E-state index contributed by atoms with van der Waals surface area (Å²) < 4.78 is 88.7. The fourth-order valence-electron chi connectivity index (χ4n) is 6.33. The van der Waals surface area contributed by atoms with E-state index in [1.807, 2.05) is 6.07 Å². The number of anilines is 2. The van der Waals surface area contributed by atoms with Crippen molar-refractivity contribution in [3.8, 4) is 10.6 Å². The Kier molecular flexibility index (Phi) is 7.69. The van der Waals surface area contributed by atoms with Crippen LogP contribution in [-0.2, 0) is 33.7 Å². The van der Waals surface area contributed by atoms with Gasteiger partial charge in [-0.1, -0.05) is 6.07 Å². The zero-order chi connectivity index (χ0) is 32.6. The van der Waals surface area contributed by atoms with Crippen LogP contribution < -0.4 is 5.32 Å². The number of sulfone groups is 1. The van der Waals surface area contributed by atoms with E-state index in [9.17, 15) is 30.8 Å². The molecule has 7 rings (SSSR count). The molecule has 3 aromatic rings. The third-order valence-corrected chi connectivity index (χ3v) is 11.8. The van der Waals surface area contributed by atoms with Crippen LogP contribution in [0.1, 0.15) is 64.5 Å². The molecule has 9 nitrogen and oxygen atoms in total. The van der Waals surface area contributed by atoms with Crippen molar-refractivity contribution in [1.82, 2.24) is 19.8 Å². The lowest BCUT2D eigenvalue weighted by molar-refractivity contribution is -0.137. The molecular formula is C31H33F4N5O4S2. The van der Waals surface area contributed by atoms with Gasteiger partial charge in [-0.25, -0.2) is 22.8 Å². The van der Waals surface area contributed by atoms with Crippen molar-refractivity contribution in [1.29, 1.82) is 0 Å². The predicted molar refractivity (Wildman–Crippen MR) is 164 cm³/mol. The summed E-state index contributed by atoms with van der Waals surface area (Å²) in [6.45, 7) is 5.27. The number of nitrogens with one attached hydrogen (secondary N) is 1. The number of halogens is 4. The lowest BCUT2D eigenvalue weighted by atomic mass is 9.93. The van der Waals surface area contributed by atoms with Crippen LogP contribution in [-0.4, -0.2) is 84.4 Å².